The van der Waals surface area contributed by atoms with Crippen molar-refractivity contribution in [3.05, 3.63) is 59.1 Å². The van der Waals surface area contributed by atoms with Gasteiger partial charge in [-0.25, -0.2) is 0 Å². The monoisotopic (exact) mass is 338 g/mol. The molecule has 2 aliphatic rings. The number of rotatable bonds is 3. The van der Waals surface area contributed by atoms with Gasteiger partial charge in [0.2, 0.25) is 5.78 Å². The van der Waals surface area contributed by atoms with E-state index in [1.165, 1.54) is 11.0 Å². The van der Waals surface area contributed by atoms with E-state index in [-0.39, 0.29) is 17.3 Å². The maximum Gasteiger partial charge on any atom is 0.231 e. The lowest BCUT2D eigenvalue weighted by Gasteiger charge is -2.26. The molecule has 1 N–H and O–H groups in total. The molecule has 3 heterocycles. The molecule has 0 unspecified atom stereocenters. The van der Waals surface area contributed by atoms with E-state index in [9.17, 15) is 9.90 Å². The maximum atomic E-state index is 12.6. The zero-order chi connectivity index (χ0) is 17.2. The number of ether oxygens (including phenoxy) is 2. The minimum atomic E-state index is -0.190. The second kappa shape index (κ2) is 6.66. The van der Waals surface area contributed by atoms with Crippen LogP contribution in [0.2, 0.25) is 0 Å². The molecule has 4 rings (SSSR count). The fourth-order valence-corrected chi connectivity index (χ4v) is 3.15. The lowest BCUT2D eigenvalue weighted by molar-refractivity contribution is -0.921. The fraction of sp³-hybridized carbons (Fsp3) is 0.263. The predicted molar refractivity (Wildman–Crippen MR) is 88.3 cm³/mol. The van der Waals surface area contributed by atoms with Crippen molar-refractivity contribution in [3.63, 3.8) is 0 Å². The number of Topliss-reactive ketones (excluding diaryl/α,β-unsaturated/α-hetero) is 1. The van der Waals surface area contributed by atoms with E-state index in [2.05, 4.69) is 4.98 Å². The molecule has 0 spiro atoms. The number of morpholine rings is 1. The third kappa shape index (κ3) is 3.14. The van der Waals surface area contributed by atoms with Crippen molar-refractivity contribution in [1.82, 2.24) is 4.98 Å². The number of carbonyl (C=O) groups is 1. The summed E-state index contributed by atoms with van der Waals surface area (Å²) in [6, 6.07) is 6.62. The predicted octanol–water partition coefficient (Wildman–Crippen LogP) is 0.186. The Labute approximate surface area is 145 Å². The van der Waals surface area contributed by atoms with Gasteiger partial charge in [0.05, 0.1) is 18.8 Å². The zero-order valence-electron chi connectivity index (χ0n) is 13.7. The summed E-state index contributed by atoms with van der Waals surface area (Å²) in [5.41, 5.74) is 1.86. The van der Waals surface area contributed by atoms with Gasteiger partial charge in [-0.05, 0) is 29.8 Å². The number of fused-ring (bicyclic) bond motifs is 1. The molecule has 0 atom stereocenters. The Morgan fingerprint density at radius 1 is 1.16 bits per heavy atom. The van der Waals surface area contributed by atoms with Crippen molar-refractivity contribution >= 4 is 11.9 Å². The maximum absolute atomic E-state index is 12.6. The number of allylic oxidation sites excluding steroid dienone is 1. The summed E-state index contributed by atoms with van der Waals surface area (Å²) in [7, 11) is 0. The molecule has 0 radical (unpaired) electrons. The van der Waals surface area contributed by atoms with Crippen LogP contribution in [0.1, 0.15) is 21.5 Å². The Hall–Kier alpha value is -2.70. The first-order valence-corrected chi connectivity index (χ1v) is 8.31. The summed E-state index contributed by atoms with van der Waals surface area (Å²) < 4.78 is 11.2. The van der Waals surface area contributed by atoms with Crippen LogP contribution in [0.25, 0.3) is 6.08 Å². The summed E-state index contributed by atoms with van der Waals surface area (Å²) in [6.45, 7) is 3.60. The molecule has 1 aromatic carbocycles. The highest BCUT2D eigenvalue weighted by Crippen LogP contribution is 2.38. The number of benzene rings is 1. The topological polar surface area (TPSA) is 75.9 Å². The van der Waals surface area contributed by atoms with Crippen LogP contribution in [0.4, 0.5) is 0 Å². The first kappa shape index (κ1) is 15.8. The van der Waals surface area contributed by atoms with Crippen LogP contribution in [0.5, 0.6) is 11.5 Å². The normalized spacial score (nSPS) is 19.0. The molecule has 0 aliphatic carbocycles. The molecule has 1 fully saturated rings. The van der Waals surface area contributed by atoms with E-state index in [0.717, 1.165) is 18.7 Å². The first-order valence-electron chi connectivity index (χ1n) is 8.31. The van der Waals surface area contributed by atoms with Crippen molar-refractivity contribution in [3.8, 4) is 11.5 Å². The SMILES string of the molecule is O=C1C(=Cc2ccncc2)Oc2c1ccc([O-])c2C[NH+]1CCOCC1. The number of hydrogen-bond acceptors (Lipinski definition) is 5. The smallest absolute Gasteiger partial charge is 0.231 e. The summed E-state index contributed by atoms with van der Waals surface area (Å²) in [5, 5.41) is 12.4. The average molecular weight is 338 g/mol. The molecule has 2 aliphatic heterocycles. The van der Waals surface area contributed by atoms with Crippen LogP contribution >= 0.6 is 0 Å². The third-order valence-corrected chi connectivity index (χ3v) is 4.53. The molecular weight excluding hydrogens is 320 g/mol. The van der Waals surface area contributed by atoms with Crippen LogP contribution in [0.3, 0.4) is 0 Å². The Morgan fingerprint density at radius 2 is 1.92 bits per heavy atom. The first-order chi connectivity index (χ1) is 12.2. The minimum Gasteiger partial charge on any atom is -0.872 e. The Morgan fingerprint density at radius 3 is 2.68 bits per heavy atom. The van der Waals surface area contributed by atoms with Gasteiger partial charge in [-0.3, -0.25) is 9.78 Å². The summed E-state index contributed by atoms with van der Waals surface area (Å²) in [4.78, 5) is 17.8. The van der Waals surface area contributed by atoms with Gasteiger partial charge >= 0.3 is 0 Å². The summed E-state index contributed by atoms with van der Waals surface area (Å²) in [5.74, 6) is 0.377. The van der Waals surface area contributed by atoms with Gasteiger partial charge in [0.15, 0.2) is 5.76 Å². The van der Waals surface area contributed by atoms with E-state index >= 15 is 0 Å². The van der Waals surface area contributed by atoms with E-state index in [1.54, 1.807) is 36.7 Å². The molecule has 0 saturated carbocycles. The van der Waals surface area contributed by atoms with Gasteiger partial charge < -0.3 is 19.5 Å². The molecule has 1 aromatic heterocycles. The van der Waals surface area contributed by atoms with Crippen molar-refractivity contribution in [2.24, 2.45) is 0 Å². The van der Waals surface area contributed by atoms with E-state index in [4.69, 9.17) is 9.47 Å². The number of ketones is 1. The number of hydrogen-bond donors (Lipinski definition) is 1. The van der Waals surface area contributed by atoms with Gasteiger partial charge in [-0.1, -0.05) is 11.8 Å². The quantitative estimate of drug-likeness (QED) is 0.809. The molecule has 128 valence electrons. The minimum absolute atomic E-state index is 0.0873. The highest BCUT2D eigenvalue weighted by atomic mass is 16.5. The van der Waals surface area contributed by atoms with Gasteiger partial charge in [0.1, 0.15) is 25.4 Å². The molecule has 0 bridgehead atoms. The molecular formula is C19H18N2O4. The second-order valence-corrected chi connectivity index (χ2v) is 6.18. The number of carbonyl (C=O) groups excluding carboxylic acids is 1. The Bertz CT molecular complexity index is 827. The van der Waals surface area contributed by atoms with Crippen LogP contribution < -0.4 is 14.7 Å². The van der Waals surface area contributed by atoms with Gasteiger partial charge in [0, 0.05) is 18.0 Å². The lowest BCUT2D eigenvalue weighted by atomic mass is 10.0. The number of pyridine rings is 1. The highest BCUT2D eigenvalue weighted by molar-refractivity contribution is 6.14. The van der Waals surface area contributed by atoms with Crippen molar-refractivity contribution in [1.29, 1.82) is 0 Å². The van der Waals surface area contributed by atoms with Crippen LogP contribution in [-0.4, -0.2) is 37.1 Å². The highest BCUT2D eigenvalue weighted by Gasteiger charge is 2.31. The van der Waals surface area contributed by atoms with Crippen molar-refractivity contribution in [2.75, 3.05) is 26.3 Å². The molecule has 6 nitrogen and oxygen atoms in total. The summed E-state index contributed by atoms with van der Waals surface area (Å²) >= 11 is 0. The number of nitrogens with zero attached hydrogens (tertiary/aromatic N) is 1. The Kier molecular flexibility index (Phi) is 4.21. The van der Waals surface area contributed by atoms with Crippen LogP contribution in [-0.2, 0) is 11.3 Å². The number of nitrogens with one attached hydrogen (secondary N) is 1. The summed E-state index contributed by atoms with van der Waals surface area (Å²) in [6.07, 6.45) is 4.99. The van der Waals surface area contributed by atoms with Crippen molar-refractivity contribution in [2.45, 2.75) is 6.54 Å². The second-order valence-electron chi connectivity index (χ2n) is 6.18. The van der Waals surface area contributed by atoms with Gasteiger partial charge in [-0.2, -0.15) is 0 Å². The van der Waals surface area contributed by atoms with E-state index in [1.807, 2.05) is 0 Å². The third-order valence-electron chi connectivity index (χ3n) is 4.53. The van der Waals surface area contributed by atoms with Gasteiger partial charge in [-0.15, -0.1) is 0 Å². The Balaban J connectivity index is 1.66. The lowest BCUT2D eigenvalue weighted by Crippen LogP contribution is -3.12. The number of aromatic nitrogens is 1. The van der Waals surface area contributed by atoms with Crippen LogP contribution in [0.15, 0.2) is 42.4 Å². The van der Waals surface area contributed by atoms with E-state index < -0.39 is 0 Å². The van der Waals surface area contributed by atoms with Gasteiger partial charge in [0.25, 0.3) is 0 Å². The molecule has 0 amide bonds. The molecule has 6 heteroatoms. The van der Waals surface area contributed by atoms with E-state index in [0.29, 0.717) is 36.6 Å². The van der Waals surface area contributed by atoms with Crippen molar-refractivity contribution < 1.29 is 24.3 Å². The molecule has 1 saturated heterocycles. The molecule has 2 aromatic rings. The zero-order valence-corrected chi connectivity index (χ0v) is 13.7. The fourth-order valence-electron chi connectivity index (χ4n) is 3.15. The molecule has 25 heavy (non-hydrogen) atoms. The van der Waals surface area contributed by atoms with Crippen LogP contribution in [0, 0.1) is 0 Å². The largest absolute Gasteiger partial charge is 0.872 e. The standard InChI is InChI=1S/C19H18N2O4/c22-16-2-1-14-18(23)17(11-13-3-5-20-6-4-13)25-19(14)15(16)12-21-7-9-24-10-8-21/h1-6,11,22H,7-10,12H2. The average Bonchev–Trinajstić information content (AvgIpc) is 2.95. The number of quaternary nitrogens is 1.